The van der Waals surface area contributed by atoms with Crippen molar-refractivity contribution in [3.05, 3.63) is 63.1 Å². The van der Waals surface area contributed by atoms with E-state index in [2.05, 4.69) is 0 Å². The Morgan fingerprint density at radius 2 is 1.58 bits per heavy atom. The number of hydrogen-bond donors (Lipinski definition) is 0. The van der Waals surface area contributed by atoms with E-state index < -0.39 is 0 Å². The Balaban J connectivity index is 2.03. The monoisotopic (exact) mass is 330 g/mol. The van der Waals surface area contributed by atoms with Crippen LogP contribution in [0.5, 0.6) is 0 Å². The molecule has 19 heavy (non-hydrogen) atoms. The minimum atomic E-state index is -0.0263. The molecule has 0 aliphatic carbocycles. The third-order valence-electron chi connectivity index (χ3n) is 2.42. The number of hydrogen-bond acceptors (Lipinski definition) is 2. The molecule has 0 N–H and O–H groups in total. The third kappa shape index (κ3) is 4.15. The number of carbonyl (C=O) groups is 1. The van der Waals surface area contributed by atoms with Crippen LogP contribution < -0.4 is 0 Å². The summed E-state index contributed by atoms with van der Waals surface area (Å²) in [7, 11) is 0. The van der Waals surface area contributed by atoms with Crippen molar-refractivity contribution in [1.82, 2.24) is 0 Å². The van der Waals surface area contributed by atoms with Crippen molar-refractivity contribution in [2.24, 2.45) is 0 Å². The quantitative estimate of drug-likeness (QED) is 0.534. The number of carbonyl (C=O) groups excluding carboxylic acids is 1. The van der Waals surface area contributed by atoms with Crippen molar-refractivity contribution in [3.63, 3.8) is 0 Å². The molecule has 0 atom stereocenters. The smallest absolute Gasteiger partial charge is 0.174 e. The minimum absolute atomic E-state index is 0.0263. The average Bonchev–Trinajstić information content (AvgIpc) is 2.37. The maximum Gasteiger partial charge on any atom is 0.174 e. The molecule has 0 saturated carbocycles. The van der Waals surface area contributed by atoms with Gasteiger partial charge in [0.2, 0.25) is 0 Å². The molecule has 0 bridgehead atoms. The normalized spacial score (nSPS) is 10.5. The van der Waals surface area contributed by atoms with Gasteiger partial charge in [-0.05, 0) is 42.5 Å². The van der Waals surface area contributed by atoms with Gasteiger partial charge in [-0.3, -0.25) is 4.79 Å². The molecule has 0 fully saturated rings. The zero-order valence-electron chi connectivity index (χ0n) is 9.70. The summed E-state index contributed by atoms with van der Waals surface area (Å²) in [4.78, 5) is 13.0. The summed E-state index contributed by atoms with van der Waals surface area (Å²) in [5.41, 5.74) is 0.493. The Kier molecular flexibility index (Phi) is 5.17. The zero-order chi connectivity index (χ0) is 13.8. The van der Waals surface area contributed by atoms with Crippen molar-refractivity contribution in [3.8, 4) is 0 Å². The molecular formula is C14H9Cl3OS. The van der Waals surface area contributed by atoms with Gasteiger partial charge in [-0.25, -0.2) is 0 Å². The molecule has 1 nitrogen and oxygen atoms in total. The van der Waals surface area contributed by atoms with Crippen molar-refractivity contribution >= 4 is 52.3 Å². The SMILES string of the molecule is O=C(CSc1ccc(Cl)cc1)c1ccc(Cl)cc1Cl. The maximum absolute atomic E-state index is 12.0. The second kappa shape index (κ2) is 6.67. The number of Topliss-reactive ketones (excluding diaryl/α,β-unsaturated/α-hetero) is 1. The van der Waals surface area contributed by atoms with Gasteiger partial charge in [-0.1, -0.05) is 34.8 Å². The Bertz CT molecular complexity index is 596. The van der Waals surface area contributed by atoms with Gasteiger partial charge in [0.05, 0.1) is 10.8 Å². The number of benzene rings is 2. The van der Waals surface area contributed by atoms with Gasteiger partial charge in [0.15, 0.2) is 5.78 Å². The van der Waals surface area contributed by atoms with E-state index in [-0.39, 0.29) is 5.78 Å². The van der Waals surface area contributed by atoms with Crippen LogP contribution in [0.1, 0.15) is 10.4 Å². The largest absolute Gasteiger partial charge is 0.293 e. The van der Waals surface area contributed by atoms with Crippen LogP contribution in [0, 0.1) is 0 Å². The van der Waals surface area contributed by atoms with Gasteiger partial charge in [0.25, 0.3) is 0 Å². The van der Waals surface area contributed by atoms with E-state index in [4.69, 9.17) is 34.8 Å². The van der Waals surface area contributed by atoms with Crippen LogP contribution in [0.2, 0.25) is 15.1 Å². The number of ketones is 1. The maximum atomic E-state index is 12.0. The van der Waals surface area contributed by atoms with Gasteiger partial charge in [-0.2, -0.15) is 0 Å². The molecule has 0 aliphatic heterocycles. The van der Waals surface area contributed by atoms with Crippen LogP contribution in [0.4, 0.5) is 0 Å². The molecule has 0 amide bonds. The molecule has 98 valence electrons. The third-order valence-corrected chi connectivity index (χ3v) is 4.23. The molecule has 0 spiro atoms. The first kappa shape index (κ1) is 14.7. The first-order valence-corrected chi connectivity index (χ1v) is 7.55. The Morgan fingerprint density at radius 1 is 0.947 bits per heavy atom. The standard InChI is InChI=1S/C14H9Cl3OS/c15-9-1-4-11(5-2-9)19-8-14(18)12-6-3-10(16)7-13(12)17/h1-7H,8H2. The Hall–Kier alpha value is -0.670. The fourth-order valence-electron chi connectivity index (χ4n) is 1.47. The molecule has 0 heterocycles. The van der Waals surface area contributed by atoms with E-state index in [1.807, 2.05) is 12.1 Å². The van der Waals surface area contributed by atoms with E-state index in [0.717, 1.165) is 4.90 Å². The van der Waals surface area contributed by atoms with Crippen molar-refractivity contribution < 1.29 is 4.79 Å². The molecule has 0 saturated heterocycles. The van der Waals surface area contributed by atoms with E-state index in [0.29, 0.717) is 26.4 Å². The van der Waals surface area contributed by atoms with E-state index >= 15 is 0 Å². The second-order valence-electron chi connectivity index (χ2n) is 3.79. The highest BCUT2D eigenvalue weighted by Gasteiger charge is 2.11. The van der Waals surface area contributed by atoms with Gasteiger partial charge < -0.3 is 0 Å². The highest BCUT2D eigenvalue weighted by atomic mass is 35.5. The second-order valence-corrected chi connectivity index (χ2v) is 6.12. The van der Waals surface area contributed by atoms with Crippen molar-refractivity contribution in [2.75, 3.05) is 5.75 Å². The van der Waals surface area contributed by atoms with Gasteiger partial charge >= 0.3 is 0 Å². The molecule has 2 aromatic rings. The molecule has 5 heteroatoms. The molecule has 0 radical (unpaired) electrons. The van der Waals surface area contributed by atoms with E-state index in [1.165, 1.54) is 11.8 Å². The summed E-state index contributed by atoms with van der Waals surface area (Å²) in [6.45, 7) is 0. The molecule has 0 aromatic heterocycles. The van der Waals surface area contributed by atoms with E-state index in [9.17, 15) is 4.79 Å². The highest BCUT2D eigenvalue weighted by molar-refractivity contribution is 8.00. The summed E-state index contributed by atoms with van der Waals surface area (Å²) >= 11 is 19.0. The number of thioether (sulfide) groups is 1. The van der Waals surface area contributed by atoms with Crippen LogP contribution in [0.3, 0.4) is 0 Å². The lowest BCUT2D eigenvalue weighted by Crippen LogP contribution is -2.03. The van der Waals surface area contributed by atoms with Crippen molar-refractivity contribution in [2.45, 2.75) is 4.90 Å². The summed E-state index contributed by atoms with van der Waals surface area (Å²) in [5, 5.41) is 1.58. The first-order chi connectivity index (χ1) is 9.06. The van der Waals surface area contributed by atoms with Gasteiger partial charge in [-0.15, -0.1) is 11.8 Å². The topological polar surface area (TPSA) is 17.1 Å². The summed E-state index contributed by atoms with van der Waals surface area (Å²) < 4.78 is 0. The lowest BCUT2D eigenvalue weighted by Gasteiger charge is -2.04. The lowest BCUT2D eigenvalue weighted by molar-refractivity contribution is 0.102. The summed E-state index contributed by atoms with van der Waals surface area (Å²) in [6, 6.07) is 12.2. The predicted octanol–water partition coefficient (Wildman–Crippen LogP) is 5.62. The van der Waals surface area contributed by atoms with Crippen LogP contribution in [0.15, 0.2) is 47.4 Å². The molecule has 2 rings (SSSR count). The van der Waals surface area contributed by atoms with Crippen LogP contribution in [-0.4, -0.2) is 11.5 Å². The van der Waals surface area contributed by atoms with Crippen LogP contribution >= 0.6 is 46.6 Å². The van der Waals surface area contributed by atoms with Crippen molar-refractivity contribution in [1.29, 1.82) is 0 Å². The molecule has 0 unspecified atom stereocenters. The summed E-state index contributed by atoms with van der Waals surface area (Å²) in [6.07, 6.45) is 0. The molecule has 2 aromatic carbocycles. The fraction of sp³-hybridized carbons (Fsp3) is 0.0714. The highest BCUT2D eigenvalue weighted by Crippen LogP contribution is 2.25. The first-order valence-electron chi connectivity index (χ1n) is 5.43. The molecular weight excluding hydrogens is 323 g/mol. The Labute approximate surface area is 130 Å². The minimum Gasteiger partial charge on any atom is -0.293 e. The van der Waals surface area contributed by atoms with Crippen LogP contribution in [0.25, 0.3) is 0 Å². The van der Waals surface area contributed by atoms with Gasteiger partial charge in [0.1, 0.15) is 0 Å². The number of halogens is 3. The number of rotatable bonds is 4. The Morgan fingerprint density at radius 3 is 2.21 bits per heavy atom. The molecule has 0 aliphatic rings. The lowest BCUT2D eigenvalue weighted by atomic mass is 10.1. The van der Waals surface area contributed by atoms with E-state index in [1.54, 1.807) is 30.3 Å². The van der Waals surface area contributed by atoms with Crippen LogP contribution in [-0.2, 0) is 0 Å². The fourth-order valence-corrected chi connectivity index (χ4v) is 2.89. The zero-order valence-corrected chi connectivity index (χ0v) is 12.8. The summed E-state index contributed by atoms with van der Waals surface area (Å²) in [5.74, 6) is 0.296. The van der Waals surface area contributed by atoms with Gasteiger partial charge in [0, 0.05) is 20.5 Å². The average molecular weight is 332 g/mol. The predicted molar refractivity (Wildman–Crippen MR) is 83.0 cm³/mol.